The van der Waals surface area contributed by atoms with E-state index in [0.29, 0.717) is 27.5 Å². The van der Waals surface area contributed by atoms with Gasteiger partial charge in [0.15, 0.2) is 0 Å². The highest BCUT2D eigenvalue weighted by Crippen LogP contribution is 2.25. The third-order valence-electron chi connectivity index (χ3n) is 4.96. The Bertz CT molecular complexity index is 1320. The number of fused-ring (bicyclic) bond motifs is 1. The summed E-state index contributed by atoms with van der Waals surface area (Å²) in [6.07, 6.45) is 1.70. The Kier molecular flexibility index (Phi) is 6.05. The number of carbonyl (C=O) groups is 2. The summed E-state index contributed by atoms with van der Waals surface area (Å²) in [5, 5.41) is 6.87. The van der Waals surface area contributed by atoms with Crippen molar-refractivity contribution in [3.05, 3.63) is 95.1 Å². The lowest BCUT2D eigenvalue weighted by Gasteiger charge is -2.14. The number of pyridine rings is 1. The molecule has 6 nitrogen and oxygen atoms in total. The Balaban J connectivity index is 1.53. The molecular weight excluding hydrogens is 424 g/mol. The molecule has 1 heterocycles. The van der Waals surface area contributed by atoms with Crippen molar-refractivity contribution in [2.24, 2.45) is 0 Å². The number of aromatic nitrogens is 1. The Morgan fingerprint density at radius 3 is 2.41 bits per heavy atom. The SMILES string of the molecule is CN(C)c1cccc(NC(=O)c2ccc(Cl)c(NC(=O)c3ccc4ncccc4c3)c2)c1. The number of nitrogens with zero attached hydrogens (tertiary/aromatic N) is 2. The zero-order valence-electron chi connectivity index (χ0n) is 17.6. The van der Waals surface area contributed by atoms with E-state index in [1.807, 2.05) is 55.4 Å². The van der Waals surface area contributed by atoms with Gasteiger partial charge in [0.1, 0.15) is 0 Å². The fraction of sp³-hybridized carbons (Fsp3) is 0.0800. The number of halogens is 1. The minimum absolute atomic E-state index is 0.301. The van der Waals surface area contributed by atoms with E-state index in [1.54, 1.807) is 42.6 Å². The van der Waals surface area contributed by atoms with Crippen LogP contribution < -0.4 is 15.5 Å². The number of carbonyl (C=O) groups excluding carboxylic acids is 2. The molecule has 4 aromatic rings. The van der Waals surface area contributed by atoms with Crippen LogP contribution in [-0.2, 0) is 0 Å². The summed E-state index contributed by atoms with van der Waals surface area (Å²) in [4.78, 5) is 31.8. The van der Waals surface area contributed by atoms with E-state index in [1.165, 1.54) is 0 Å². The lowest BCUT2D eigenvalue weighted by Crippen LogP contribution is -2.15. The minimum atomic E-state index is -0.325. The molecule has 0 aliphatic heterocycles. The minimum Gasteiger partial charge on any atom is -0.378 e. The largest absolute Gasteiger partial charge is 0.378 e. The van der Waals surface area contributed by atoms with Crippen molar-refractivity contribution in [3.8, 4) is 0 Å². The highest BCUT2D eigenvalue weighted by Gasteiger charge is 2.13. The first-order chi connectivity index (χ1) is 15.4. The van der Waals surface area contributed by atoms with Gasteiger partial charge >= 0.3 is 0 Å². The van der Waals surface area contributed by atoms with Gasteiger partial charge in [-0.3, -0.25) is 14.6 Å². The van der Waals surface area contributed by atoms with Gasteiger partial charge in [0, 0.05) is 48.2 Å². The molecule has 4 rings (SSSR count). The maximum absolute atomic E-state index is 12.8. The van der Waals surface area contributed by atoms with Gasteiger partial charge in [-0.25, -0.2) is 0 Å². The van der Waals surface area contributed by atoms with Gasteiger partial charge in [0.05, 0.1) is 16.2 Å². The van der Waals surface area contributed by atoms with Crippen molar-refractivity contribution < 1.29 is 9.59 Å². The summed E-state index contributed by atoms with van der Waals surface area (Å²) in [6, 6.07) is 21.3. The number of anilines is 3. The second kappa shape index (κ2) is 9.08. The molecule has 0 fully saturated rings. The fourth-order valence-electron chi connectivity index (χ4n) is 3.24. The zero-order valence-corrected chi connectivity index (χ0v) is 18.4. The van der Waals surface area contributed by atoms with Crippen LogP contribution >= 0.6 is 11.6 Å². The molecule has 3 aromatic carbocycles. The van der Waals surface area contributed by atoms with Crippen molar-refractivity contribution in [1.29, 1.82) is 0 Å². The van der Waals surface area contributed by atoms with Gasteiger partial charge in [-0.2, -0.15) is 0 Å². The Morgan fingerprint density at radius 1 is 0.844 bits per heavy atom. The fourth-order valence-corrected chi connectivity index (χ4v) is 3.40. The van der Waals surface area contributed by atoms with E-state index in [9.17, 15) is 9.59 Å². The van der Waals surface area contributed by atoms with Crippen LogP contribution in [0.3, 0.4) is 0 Å². The second-order valence-corrected chi connectivity index (χ2v) is 7.87. The van der Waals surface area contributed by atoms with Crippen molar-refractivity contribution >= 4 is 51.4 Å². The predicted octanol–water partition coefficient (Wildman–Crippen LogP) is 5.46. The van der Waals surface area contributed by atoms with Gasteiger partial charge in [-0.15, -0.1) is 0 Å². The molecule has 160 valence electrons. The lowest BCUT2D eigenvalue weighted by molar-refractivity contribution is 0.101. The molecule has 1 aromatic heterocycles. The van der Waals surface area contributed by atoms with Crippen LogP contribution in [0.15, 0.2) is 79.0 Å². The first kappa shape index (κ1) is 21.3. The van der Waals surface area contributed by atoms with E-state index >= 15 is 0 Å². The van der Waals surface area contributed by atoms with Gasteiger partial charge in [0.25, 0.3) is 11.8 Å². The van der Waals surface area contributed by atoms with E-state index in [-0.39, 0.29) is 11.8 Å². The molecule has 0 unspecified atom stereocenters. The highest BCUT2D eigenvalue weighted by atomic mass is 35.5. The van der Waals surface area contributed by atoms with Crippen molar-refractivity contribution in [2.75, 3.05) is 29.6 Å². The summed E-state index contributed by atoms with van der Waals surface area (Å²) in [6.45, 7) is 0. The standard InChI is InChI=1S/C25H21ClN4O2/c1-30(2)20-7-3-6-19(15-20)28-24(31)18-8-10-21(26)23(14-18)29-25(32)17-9-11-22-16(13-17)5-4-12-27-22/h3-15H,1-2H3,(H,28,31)(H,29,32). The van der Waals surface area contributed by atoms with Crippen LogP contribution in [0.2, 0.25) is 5.02 Å². The maximum atomic E-state index is 12.8. The monoisotopic (exact) mass is 444 g/mol. The quantitative estimate of drug-likeness (QED) is 0.428. The third-order valence-corrected chi connectivity index (χ3v) is 5.29. The number of hydrogen-bond acceptors (Lipinski definition) is 4. The van der Waals surface area contributed by atoms with Crippen LogP contribution in [0, 0.1) is 0 Å². The van der Waals surface area contributed by atoms with Crippen molar-refractivity contribution in [3.63, 3.8) is 0 Å². The molecule has 0 atom stereocenters. The van der Waals surface area contributed by atoms with Crippen LogP contribution in [-0.4, -0.2) is 30.9 Å². The van der Waals surface area contributed by atoms with E-state index in [0.717, 1.165) is 16.6 Å². The Morgan fingerprint density at radius 2 is 1.59 bits per heavy atom. The first-order valence-corrected chi connectivity index (χ1v) is 10.3. The molecule has 32 heavy (non-hydrogen) atoms. The van der Waals surface area contributed by atoms with Crippen LogP contribution in [0.4, 0.5) is 17.1 Å². The van der Waals surface area contributed by atoms with Gasteiger partial charge in [-0.05, 0) is 60.7 Å². The van der Waals surface area contributed by atoms with E-state index < -0.39 is 0 Å². The summed E-state index contributed by atoms with van der Waals surface area (Å²) >= 11 is 6.28. The topological polar surface area (TPSA) is 74.3 Å². The maximum Gasteiger partial charge on any atom is 0.255 e. The average Bonchev–Trinajstić information content (AvgIpc) is 2.80. The van der Waals surface area contributed by atoms with E-state index in [2.05, 4.69) is 15.6 Å². The number of hydrogen-bond donors (Lipinski definition) is 2. The van der Waals surface area contributed by atoms with Gasteiger partial charge in [0.2, 0.25) is 0 Å². The normalized spacial score (nSPS) is 10.6. The van der Waals surface area contributed by atoms with Crippen molar-refractivity contribution in [2.45, 2.75) is 0 Å². The predicted molar refractivity (Wildman–Crippen MR) is 130 cm³/mol. The molecule has 0 saturated carbocycles. The molecule has 0 spiro atoms. The Labute approximate surface area is 190 Å². The highest BCUT2D eigenvalue weighted by molar-refractivity contribution is 6.34. The first-order valence-electron chi connectivity index (χ1n) is 9.95. The average molecular weight is 445 g/mol. The summed E-state index contributed by atoms with van der Waals surface area (Å²) < 4.78 is 0. The summed E-state index contributed by atoms with van der Waals surface area (Å²) in [5.41, 5.74) is 3.65. The second-order valence-electron chi connectivity index (χ2n) is 7.46. The smallest absolute Gasteiger partial charge is 0.255 e. The lowest BCUT2D eigenvalue weighted by atomic mass is 10.1. The zero-order chi connectivity index (χ0) is 22.7. The molecular formula is C25H21ClN4O2. The van der Waals surface area contributed by atoms with Crippen LogP contribution in [0.1, 0.15) is 20.7 Å². The van der Waals surface area contributed by atoms with Gasteiger partial charge < -0.3 is 15.5 Å². The molecule has 2 amide bonds. The van der Waals surface area contributed by atoms with Gasteiger partial charge in [-0.1, -0.05) is 23.7 Å². The van der Waals surface area contributed by atoms with Crippen LogP contribution in [0.25, 0.3) is 10.9 Å². The number of amides is 2. The Hall–Kier alpha value is -3.90. The molecule has 0 radical (unpaired) electrons. The third kappa shape index (κ3) is 4.71. The van der Waals surface area contributed by atoms with Crippen LogP contribution in [0.5, 0.6) is 0 Å². The number of rotatable bonds is 5. The molecule has 0 saturated heterocycles. The van der Waals surface area contributed by atoms with E-state index in [4.69, 9.17) is 11.6 Å². The summed E-state index contributed by atoms with van der Waals surface area (Å²) in [5.74, 6) is -0.626. The molecule has 0 bridgehead atoms. The summed E-state index contributed by atoms with van der Waals surface area (Å²) in [7, 11) is 3.86. The number of benzene rings is 3. The number of nitrogens with one attached hydrogen (secondary N) is 2. The molecule has 2 N–H and O–H groups in total. The molecule has 0 aliphatic carbocycles. The molecule has 0 aliphatic rings. The van der Waals surface area contributed by atoms with Crippen molar-refractivity contribution in [1.82, 2.24) is 4.98 Å². The molecule has 7 heteroatoms.